The summed E-state index contributed by atoms with van der Waals surface area (Å²) in [7, 11) is 1.43. The van der Waals surface area contributed by atoms with E-state index in [-0.39, 0.29) is 11.9 Å². The number of ether oxygens (including phenoxy) is 1. The first-order chi connectivity index (χ1) is 8.24. The lowest BCUT2D eigenvalue weighted by Crippen LogP contribution is -2.18. The second-order valence-corrected chi connectivity index (χ2v) is 4.10. The SMILES string of the molecule is CCCCC(C(=O)OC)c1cnnn1CCC. The van der Waals surface area contributed by atoms with Crippen molar-refractivity contribution in [1.82, 2.24) is 15.0 Å². The van der Waals surface area contributed by atoms with E-state index in [2.05, 4.69) is 24.2 Å². The first-order valence-corrected chi connectivity index (χ1v) is 6.20. The van der Waals surface area contributed by atoms with Gasteiger partial charge in [-0.1, -0.05) is 31.9 Å². The highest BCUT2D eigenvalue weighted by Crippen LogP contribution is 2.22. The van der Waals surface area contributed by atoms with Crippen LogP contribution in [-0.2, 0) is 16.1 Å². The van der Waals surface area contributed by atoms with Crippen molar-refractivity contribution in [3.8, 4) is 0 Å². The molecule has 0 bridgehead atoms. The topological polar surface area (TPSA) is 57.0 Å². The molecule has 0 radical (unpaired) electrons. The third-order valence-electron chi connectivity index (χ3n) is 2.77. The van der Waals surface area contributed by atoms with Gasteiger partial charge in [-0.2, -0.15) is 0 Å². The second kappa shape index (κ2) is 7.04. The number of rotatable bonds is 7. The molecule has 0 saturated carbocycles. The van der Waals surface area contributed by atoms with Crippen LogP contribution in [0.4, 0.5) is 0 Å². The molecule has 17 heavy (non-hydrogen) atoms. The fourth-order valence-electron chi connectivity index (χ4n) is 1.86. The first kappa shape index (κ1) is 13.7. The Morgan fingerprint density at radius 2 is 2.24 bits per heavy atom. The summed E-state index contributed by atoms with van der Waals surface area (Å²) in [6, 6.07) is 0. The fourth-order valence-corrected chi connectivity index (χ4v) is 1.86. The number of unbranched alkanes of at least 4 members (excludes halogenated alkanes) is 1. The van der Waals surface area contributed by atoms with Gasteiger partial charge in [0.2, 0.25) is 0 Å². The molecule has 0 aliphatic rings. The number of hydrogen-bond donors (Lipinski definition) is 0. The average molecular weight is 239 g/mol. The minimum absolute atomic E-state index is 0.196. The van der Waals surface area contributed by atoms with E-state index in [1.54, 1.807) is 10.9 Å². The molecule has 96 valence electrons. The van der Waals surface area contributed by atoms with Crippen LogP contribution in [0.3, 0.4) is 0 Å². The molecule has 0 spiro atoms. The zero-order chi connectivity index (χ0) is 12.7. The summed E-state index contributed by atoms with van der Waals surface area (Å²) < 4.78 is 6.66. The van der Waals surface area contributed by atoms with Crippen molar-refractivity contribution in [2.75, 3.05) is 7.11 Å². The van der Waals surface area contributed by atoms with Crippen molar-refractivity contribution >= 4 is 5.97 Å². The number of methoxy groups -OCH3 is 1. The summed E-state index contributed by atoms with van der Waals surface area (Å²) in [5.41, 5.74) is 0.868. The first-order valence-electron chi connectivity index (χ1n) is 6.20. The highest BCUT2D eigenvalue weighted by Gasteiger charge is 2.24. The van der Waals surface area contributed by atoms with Crippen LogP contribution in [0.1, 0.15) is 51.1 Å². The number of esters is 1. The predicted molar refractivity (Wildman–Crippen MR) is 64.6 cm³/mol. The zero-order valence-corrected chi connectivity index (χ0v) is 10.8. The average Bonchev–Trinajstić information content (AvgIpc) is 2.78. The maximum Gasteiger partial charge on any atom is 0.314 e. The minimum Gasteiger partial charge on any atom is -0.469 e. The normalized spacial score (nSPS) is 12.4. The minimum atomic E-state index is -0.235. The molecule has 0 amide bonds. The van der Waals surface area contributed by atoms with Crippen molar-refractivity contribution in [2.24, 2.45) is 0 Å². The Labute approximate surface area is 102 Å². The maximum absolute atomic E-state index is 11.8. The molecule has 0 aliphatic carbocycles. The van der Waals surface area contributed by atoms with Crippen LogP contribution in [0, 0.1) is 0 Å². The van der Waals surface area contributed by atoms with Gasteiger partial charge in [0.05, 0.1) is 19.0 Å². The molecule has 1 unspecified atom stereocenters. The van der Waals surface area contributed by atoms with Crippen LogP contribution in [0.25, 0.3) is 0 Å². The highest BCUT2D eigenvalue weighted by molar-refractivity contribution is 5.77. The lowest BCUT2D eigenvalue weighted by atomic mass is 9.99. The van der Waals surface area contributed by atoms with Crippen molar-refractivity contribution in [2.45, 2.75) is 52.0 Å². The van der Waals surface area contributed by atoms with Gasteiger partial charge >= 0.3 is 5.97 Å². The molecular weight excluding hydrogens is 218 g/mol. The van der Waals surface area contributed by atoms with E-state index in [0.29, 0.717) is 0 Å². The molecule has 0 aliphatic heterocycles. The van der Waals surface area contributed by atoms with E-state index < -0.39 is 0 Å². The van der Waals surface area contributed by atoms with Gasteiger partial charge in [0.25, 0.3) is 0 Å². The standard InChI is InChI=1S/C12H21N3O2/c1-4-6-7-10(12(16)17-3)11-9-13-14-15(11)8-5-2/h9-10H,4-8H2,1-3H3. The Bertz CT molecular complexity index is 349. The van der Waals surface area contributed by atoms with Crippen LogP contribution in [0.15, 0.2) is 6.20 Å². The molecule has 0 saturated heterocycles. The summed E-state index contributed by atoms with van der Waals surface area (Å²) in [6.45, 7) is 4.97. The second-order valence-electron chi connectivity index (χ2n) is 4.10. The molecule has 1 atom stereocenters. The molecule has 1 rings (SSSR count). The zero-order valence-electron chi connectivity index (χ0n) is 10.8. The Morgan fingerprint density at radius 1 is 1.47 bits per heavy atom. The van der Waals surface area contributed by atoms with Gasteiger partial charge in [-0.05, 0) is 12.8 Å². The molecular formula is C12H21N3O2. The summed E-state index contributed by atoms with van der Waals surface area (Å²) in [6.07, 6.45) is 5.49. The third-order valence-corrected chi connectivity index (χ3v) is 2.77. The van der Waals surface area contributed by atoms with Crippen LogP contribution >= 0.6 is 0 Å². The van der Waals surface area contributed by atoms with Crippen molar-refractivity contribution in [1.29, 1.82) is 0 Å². The summed E-state index contributed by atoms with van der Waals surface area (Å²) >= 11 is 0. The quantitative estimate of drug-likeness (QED) is 0.684. The highest BCUT2D eigenvalue weighted by atomic mass is 16.5. The number of carbonyl (C=O) groups is 1. The Morgan fingerprint density at radius 3 is 2.82 bits per heavy atom. The van der Waals surface area contributed by atoms with Crippen molar-refractivity contribution in [3.05, 3.63) is 11.9 Å². The van der Waals surface area contributed by atoms with Crippen LogP contribution in [-0.4, -0.2) is 28.1 Å². The van der Waals surface area contributed by atoms with Gasteiger partial charge in [-0.15, -0.1) is 5.10 Å². The van der Waals surface area contributed by atoms with Gasteiger partial charge in [-0.25, -0.2) is 4.68 Å². The number of aromatic nitrogens is 3. The Balaban J connectivity index is 2.86. The predicted octanol–water partition coefficient (Wildman–Crippen LogP) is 2.13. The largest absolute Gasteiger partial charge is 0.469 e. The molecule has 0 N–H and O–H groups in total. The summed E-state index contributed by atoms with van der Waals surface area (Å²) in [5, 5.41) is 7.90. The van der Waals surface area contributed by atoms with Crippen molar-refractivity contribution in [3.63, 3.8) is 0 Å². The molecule has 1 heterocycles. The van der Waals surface area contributed by atoms with Gasteiger partial charge in [0.15, 0.2) is 0 Å². The van der Waals surface area contributed by atoms with E-state index in [1.165, 1.54) is 7.11 Å². The lowest BCUT2D eigenvalue weighted by molar-refractivity contribution is -0.142. The molecule has 5 nitrogen and oxygen atoms in total. The fraction of sp³-hybridized carbons (Fsp3) is 0.750. The van der Waals surface area contributed by atoms with Gasteiger partial charge in [0.1, 0.15) is 5.92 Å². The van der Waals surface area contributed by atoms with Gasteiger partial charge in [0, 0.05) is 6.54 Å². The molecule has 0 aromatic carbocycles. The van der Waals surface area contributed by atoms with Crippen molar-refractivity contribution < 1.29 is 9.53 Å². The van der Waals surface area contributed by atoms with Gasteiger partial charge in [-0.3, -0.25) is 4.79 Å². The molecule has 5 heteroatoms. The Hall–Kier alpha value is -1.39. The van der Waals surface area contributed by atoms with Crippen LogP contribution in [0.5, 0.6) is 0 Å². The summed E-state index contributed by atoms with van der Waals surface area (Å²) in [5.74, 6) is -0.431. The van der Waals surface area contributed by atoms with Crippen LogP contribution < -0.4 is 0 Å². The number of carbonyl (C=O) groups excluding carboxylic acids is 1. The number of hydrogen-bond acceptors (Lipinski definition) is 4. The molecule has 1 aromatic heterocycles. The lowest BCUT2D eigenvalue weighted by Gasteiger charge is -2.15. The van der Waals surface area contributed by atoms with E-state index in [0.717, 1.165) is 37.9 Å². The third kappa shape index (κ3) is 3.54. The molecule has 1 aromatic rings. The summed E-state index contributed by atoms with van der Waals surface area (Å²) in [4.78, 5) is 11.8. The van der Waals surface area contributed by atoms with Crippen LogP contribution in [0.2, 0.25) is 0 Å². The number of aryl methyl sites for hydroxylation is 1. The van der Waals surface area contributed by atoms with E-state index in [4.69, 9.17) is 4.74 Å². The number of nitrogens with zero attached hydrogens (tertiary/aromatic N) is 3. The maximum atomic E-state index is 11.8. The van der Waals surface area contributed by atoms with Gasteiger partial charge < -0.3 is 4.74 Å². The Kier molecular flexibility index (Phi) is 5.66. The van der Waals surface area contributed by atoms with E-state index >= 15 is 0 Å². The monoisotopic (exact) mass is 239 g/mol. The van der Waals surface area contributed by atoms with E-state index in [1.807, 2.05) is 0 Å². The smallest absolute Gasteiger partial charge is 0.314 e. The van der Waals surface area contributed by atoms with E-state index in [9.17, 15) is 4.79 Å². The molecule has 0 fully saturated rings.